The first-order valence-corrected chi connectivity index (χ1v) is 4.62. The van der Waals surface area contributed by atoms with Gasteiger partial charge in [0, 0.05) is 0 Å². The molecule has 15 heavy (non-hydrogen) atoms. The van der Waals surface area contributed by atoms with E-state index >= 15 is 0 Å². The molecule has 5 heteroatoms. The molecule has 0 bridgehead atoms. The number of hydrogen-bond donors (Lipinski definition) is 0. The molecule has 0 N–H and O–H groups in total. The first-order chi connectivity index (χ1) is 7.22. The molecule has 0 heterocycles. The predicted molar refractivity (Wildman–Crippen MR) is 54.3 cm³/mol. The largest absolute Gasteiger partial charge is 0.497 e. The molecule has 0 aliphatic heterocycles. The minimum atomic E-state index is -0.770. The maximum Gasteiger partial charge on any atom is 0.294 e. The van der Waals surface area contributed by atoms with Gasteiger partial charge >= 0.3 is 0 Å². The minimum absolute atomic E-state index is 0.138. The van der Waals surface area contributed by atoms with E-state index in [1.165, 1.54) is 0 Å². The van der Waals surface area contributed by atoms with Crippen molar-refractivity contribution in [2.75, 3.05) is 13.7 Å². The molecule has 0 fully saturated rings. The Morgan fingerprint density at radius 1 is 1.33 bits per heavy atom. The zero-order chi connectivity index (χ0) is 11.1. The number of methoxy groups -OCH3 is 1. The van der Waals surface area contributed by atoms with Crippen LogP contribution < -0.4 is 4.74 Å². The highest BCUT2D eigenvalue weighted by atomic mass is 16.9. The fourth-order valence-electron chi connectivity index (χ4n) is 1.21. The lowest BCUT2D eigenvalue weighted by molar-refractivity contribution is -0.757. The fraction of sp³-hybridized carbons (Fsp3) is 0.400. The lowest BCUT2D eigenvalue weighted by atomic mass is 10.1. The van der Waals surface area contributed by atoms with Gasteiger partial charge in [-0.15, -0.1) is 10.1 Å². The second-order valence-electron chi connectivity index (χ2n) is 3.01. The van der Waals surface area contributed by atoms with Gasteiger partial charge in [0.05, 0.1) is 13.7 Å². The van der Waals surface area contributed by atoms with E-state index < -0.39 is 5.09 Å². The second kappa shape index (κ2) is 5.85. The molecule has 1 aromatic rings. The standard InChI is InChI=1S/C10H13NO4/c1-14-10-6-4-9(5-7-10)3-2-8-15-11(12)13/h4-7H,2-3,8H2,1H3. The Labute approximate surface area is 87.7 Å². The van der Waals surface area contributed by atoms with Gasteiger partial charge in [-0.2, -0.15) is 0 Å². The van der Waals surface area contributed by atoms with E-state index in [1.807, 2.05) is 24.3 Å². The van der Waals surface area contributed by atoms with Crippen molar-refractivity contribution in [3.8, 4) is 5.75 Å². The summed E-state index contributed by atoms with van der Waals surface area (Å²) in [5, 5.41) is 9.09. The van der Waals surface area contributed by atoms with Gasteiger partial charge in [-0.25, -0.2) is 0 Å². The number of rotatable bonds is 6. The Balaban J connectivity index is 2.28. The third-order valence-corrected chi connectivity index (χ3v) is 1.97. The summed E-state index contributed by atoms with van der Waals surface area (Å²) in [6.07, 6.45) is 1.39. The topological polar surface area (TPSA) is 61.6 Å². The zero-order valence-corrected chi connectivity index (χ0v) is 8.51. The monoisotopic (exact) mass is 211 g/mol. The number of ether oxygens (including phenoxy) is 1. The Morgan fingerprint density at radius 3 is 2.53 bits per heavy atom. The Kier molecular flexibility index (Phi) is 4.40. The molecule has 0 amide bonds. The molecule has 0 saturated carbocycles. The lowest BCUT2D eigenvalue weighted by Crippen LogP contribution is -2.03. The van der Waals surface area contributed by atoms with Crippen LogP contribution in [0.25, 0.3) is 0 Å². The van der Waals surface area contributed by atoms with Crippen molar-refractivity contribution >= 4 is 0 Å². The summed E-state index contributed by atoms with van der Waals surface area (Å²) in [5.74, 6) is 0.806. The maximum absolute atomic E-state index is 9.86. The van der Waals surface area contributed by atoms with E-state index in [4.69, 9.17) is 4.74 Å². The number of benzene rings is 1. The molecule has 1 rings (SSSR count). The number of hydrogen-bond acceptors (Lipinski definition) is 4. The van der Waals surface area contributed by atoms with E-state index in [0.29, 0.717) is 6.42 Å². The van der Waals surface area contributed by atoms with Crippen LogP contribution in [0, 0.1) is 10.1 Å². The van der Waals surface area contributed by atoms with Crippen LogP contribution in [0.3, 0.4) is 0 Å². The summed E-state index contributed by atoms with van der Waals surface area (Å²) < 4.78 is 5.01. The van der Waals surface area contributed by atoms with Crippen molar-refractivity contribution in [3.05, 3.63) is 39.9 Å². The average molecular weight is 211 g/mol. The Bertz CT molecular complexity index is 310. The molecule has 0 aliphatic rings. The van der Waals surface area contributed by atoms with Crippen molar-refractivity contribution in [2.24, 2.45) is 0 Å². The first-order valence-electron chi connectivity index (χ1n) is 4.62. The van der Waals surface area contributed by atoms with Gasteiger partial charge in [0.15, 0.2) is 0 Å². The molecule has 0 saturated heterocycles. The van der Waals surface area contributed by atoms with Crippen LogP contribution in [0.4, 0.5) is 0 Å². The van der Waals surface area contributed by atoms with E-state index in [9.17, 15) is 10.1 Å². The van der Waals surface area contributed by atoms with E-state index in [2.05, 4.69) is 4.84 Å². The van der Waals surface area contributed by atoms with Crippen LogP contribution in [-0.2, 0) is 11.3 Å². The summed E-state index contributed by atoms with van der Waals surface area (Å²) in [5.41, 5.74) is 1.11. The number of nitrogens with zero attached hydrogens (tertiary/aromatic N) is 1. The van der Waals surface area contributed by atoms with Crippen molar-refractivity contribution in [1.29, 1.82) is 0 Å². The van der Waals surface area contributed by atoms with Gasteiger partial charge in [-0.1, -0.05) is 12.1 Å². The molecular formula is C10H13NO4. The zero-order valence-electron chi connectivity index (χ0n) is 8.51. The molecule has 0 atom stereocenters. The van der Waals surface area contributed by atoms with Crippen LogP contribution in [0.5, 0.6) is 5.75 Å². The molecule has 1 aromatic carbocycles. The normalized spacial score (nSPS) is 9.67. The smallest absolute Gasteiger partial charge is 0.294 e. The highest BCUT2D eigenvalue weighted by Gasteiger charge is 1.97. The van der Waals surface area contributed by atoms with Crippen LogP contribution >= 0.6 is 0 Å². The van der Waals surface area contributed by atoms with Crippen molar-refractivity contribution in [3.63, 3.8) is 0 Å². The molecule has 0 radical (unpaired) electrons. The van der Waals surface area contributed by atoms with Crippen molar-refractivity contribution in [1.82, 2.24) is 0 Å². The molecule has 82 valence electrons. The van der Waals surface area contributed by atoms with Crippen LogP contribution in [0.15, 0.2) is 24.3 Å². The van der Waals surface area contributed by atoms with Gasteiger partial charge in [-0.3, -0.25) is 0 Å². The maximum atomic E-state index is 9.86. The summed E-state index contributed by atoms with van der Waals surface area (Å²) in [6, 6.07) is 7.60. The fourth-order valence-corrected chi connectivity index (χ4v) is 1.21. The minimum Gasteiger partial charge on any atom is -0.497 e. The van der Waals surface area contributed by atoms with Crippen molar-refractivity contribution in [2.45, 2.75) is 12.8 Å². The van der Waals surface area contributed by atoms with Crippen LogP contribution in [-0.4, -0.2) is 18.8 Å². The number of aryl methyl sites for hydroxylation is 1. The van der Waals surface area contributed by atoms with Gasteiger partial charge in [0.25, 0.3) is 5.09 Å². The van der Waals surface area contributed by atoms with Gasteiger partial charge < -0.3 is 9.57 Å². The average Bonchev–Trinajstić information content (AvgIpc) is 2.25. The van der Waals surface area contributed by atoms with Crippen LogP contribution in [0.2, 0.25) is 0 Å². The lowest BCUT2D eigenvalue weighted by Gasteiger charge is -2.02. The van der Waals surface area contributed by atoms with Gasteiger partial charge in [0.2, 0.25) is 0 Å². The SMILES string of the molecule is COc1ccc(CCCO[N+](=O)[O-])cc1. The summed E-state index contributed by atoms with van der Waals surface area (Å²) in [7, 11) is 1.61. The van der Waals surface area contributed by atoms with Crippen LogP contribution in [0.1, 0.15) is 12.0 Å². The molecule has 0 spiro atoms. The van der Waals surface area contributed by atoms with E-state index in [1.54, 1.807) is 7.11 Å². The third kappa shape index (κ3) is 4.30. The molecule has 0 aromatic heterocycles. The Morgan fingerprint density at radius 2 is 2.00 bits per heavy atom. The molecule has 0 aliphatic carbocycles. The molecular weight excluding hydrogens is 198 g/mol. The summed E-state index contributed by atoms with van der Waals surface area (Å²) in [4.78, 5) is 14.1. The third-order valence-electron chi connectivity index (χ3n) is 1.97. The van der Waals surface area contributed by atoms with Gasteiger partial charge in [-0.05, 0) is 30.5 Å². The van der Waals surface area contributed by atoms with E-state index in [0.717, 1.165) is 17.7 Å². The Hall–Kier alpha value is -1.78. The first kappa shape index (κ1) is 11.3. The summed E-state index contributed by atoms with van der Waals surface area (Å²) >= 11 is 0. The predicted octanol–water partition coefficient (Wildman–Crippen LogP) is 1.84. The van der Waals surface area contributed by atoms with Crippen molar-refractivity contribution < 1.29 is 14.7 Å². The quantitative estimate of drug-likeness (QED) is 0.409. The molecule has 0 unspecified atom stereocenters. The highest BCUT2D eigenvalue weighted by Crippen LogP contribution is 2.12. The second-order valence-corrected chi connectivity index (χ2v) is 3.01. The summed E-state index contributed by atoms with van der Waals surface area (Å²) in [6.45, 7) is 0.138. The molecule has 5 nitrogen and oxygen atoms in total. The van der Waals surface area contributed by atoms with E-state index in [-0.39, 0.29) is 6.61 Å². The van der Waals surface area contributed by atoms with Gasteiger partial charge in [0.1, 0.15) is 5.75 Å². The highest BCUT2D eigenvalue weighted by molar-refractivity contribution is 5.27.